The fourth-order valence-corrected chi connectivity index (χ4v) is 2.99. The Kier molecular flexibility index (Phi) is 3.72. The highest BCUT2D eigenvalue weighted by Crippen LogP contribution is 2.41. The number of carbonyl (C=O) groups excluding carboxylic acids is 2. The number of nitrogens with zero attached hydrogens (tertiary/aromatic N) is 3. The molecule has 1 saturated heterocycles. The van der Waals surface area contributed by atoms with Crippen LogP contribution in [0.1, 0.15) is 47.7 Å². The van der Waals surface area contributed by atoms with Gasteiger partial charge in [0.1, 0.15) is 0 Å². The molecule has 24 heavy (non-hydrogen) atoms. The Labute approximate surface area is 139 Å². The summed E-state index contributed by atoms with van der Waals surface area (Å²) in [5.41, 5.74) is 2.25. The topological polar surface area (TPSA) is 75.2 Å². The molecule has 1 aliphatic heterocycles. The summed E-state index contributed by atoms with van der Waals surface area (Å²) in [6, 6.07) is 7.11. The van der Waals surface area contributed by atoms with Crippen LogP contribution in [0.4, 0.5) is 11.5 Å². The summed E-state index contributed by atoms with van der Waals surface area (Å²) >= 11 is 0. The predicted molar refractivity (Wildman–Crippen MR) is 90.0 cm³/mol. The van der Waals surface area contributed by atoms with Crippen molar-refractivity contribution >= 4 is 23.3 Å². The monoisotopic (exact) mass is 322 g/mol. The van der Waals surface area contributed by atoms with Gasteiger partial charge in [0.05, 0.1) is 5.69 Å². The van der Waals surface area contributed by atoms with E-state index in [9.17, 15) is 9.59 Å². The largest absolute Gasteiger partial charge is 0.312 e. The summed E-state index contributed by atoms with van der Waals surface area (Å²) < 4.78 is 0. The minimum atomic E-state index is -0.211. The zero-order valence-electron chi connectivity index (χ0n) is 13.2. The maximum absolute atomic E-state index is 12.4. The molecular formula is C18H18N4O2. The van der Waals surface area contributed by atoms with Crippen LogP contribution in [0.15, 0.2) is 36.7 Å². The molecule has 0 bridgehead atoms. The third-order valence-electron chi connectivity index (χ3n) is 4.44. The molecule has 6 nitrogen and oxygen atoms in total. The van der Waals surface area contributed by atoms with E-state index < -0.39 is 0 Å². The van der Waals surface area contributed by atoms with Crippen LogP contribution in [0.3, 0.4) is 0 Å². The molecular weight excluding hydrogens is 304 g/mol. The van der Waals surface area contributed by atoms with Crippen LogP contribution in [0.5, 0.6) is 0 Å². The smallest absolute Gasteiger partial charge is 0.256 e. The number of amides is 2. The summed E-state index contributed by atoms with van der Waals surface area (Å²) in [6.07, 6.45) is 6.92. The molecule has 2 amide bonds. The average Bonchev–Trinajstić information content (AvgIpc) is 3.36. The van der Waals surface area contributed by atoms with Crippen molar-refractivity contribution in [3.63, 3.8) is 0 Å². The third-order valence-corrected chi connectivity index (χ3v) is 4.44. The van der Waals surface area contributed by atoms with Gasteiger partial charge >= 0.3 is 0 Å². The summed E-state index contributed by atoms with van der Waals surface area (Å²) in [6.45, 7) is 0.745. The first-order valence-electron chi connectivity index (χ1n) is 8.25. The molecule has 4 rings (SSSR count). The van der Waals surface area contributed by atoms with Gasteiger partial charge in [-0.3, -0.25) is 14.6 Å². The highest BCUT2D eigenvalue weighted by molar-refractivity contribution is 6.04. The van der Waals surface area contributed by atoms with Crippen molar-refractivity contribution in [3.05, 3.63) is 47.9 Å². The van der Waals surface area contributed by atoms with Crippen molar-refractivity contribution in [2.24, 2.45) is 0 Å². The van der Waals surface area contributed by atoms with Gasteiger partial charge in [-0.1, -0.05) is 0 Å². The van der Waals surface area contributed by atoms with Gasteiger partial charge < -0.3 is 10.2 Å². The summed E-state index contributed by atoms with van der Waals surface area (Å²) in [5, 5.41) is 2.85. The Morgan fingerprint density at radius 3 is 2.54 bits per heavy atom. The zero-order valence-corrected chi connectivity index (χ0v) is 13.2. The molecule has 0 radical (unpaired) electrons. The van der Waals surface area contributed by atoms with Crippen molar-refractivity contribution in [1.82, 2.24) is 9.97 Å². The maximum atomic E-state index is 12.4. The first-order valence-corrected chi connectivity index (χ1v) is 8.25. The lowest BCUT2D eigenvalue weighted by Crippen LogP contribution is -2.23. The molecule has 2 heterocycles. The van der Waals surface area contributed by atoms with Gasteiger partial charge in [0.15, 0.2) is 5.82 Å². The van der Waals surface area contributed by atoms with E-state index >= 15 is 0 Å². The summed E-state index contributed by atoms with van der Waals surface area (Å²) in [4.78, 5) is 34.6. The molecule has 6 heteroatoms. The molecule has 0 atom stereocenters. The van der Waals surface area contributed by atoms with E-state index in [4.69, 9.17) is 0 Å². The number of carbonyl (C=O) groups is 2. The number of benzene rings is 1. The van der Waals surface area contributed by atoms with E-state index in [2.05, 4.69) is 15.3 Å². The predicted octanol–water partition coefficient (Wildman–Crippen LogP) is 2.73. The van der Waals surface area contributed by atoms with Crippen LogP contribution in [0.2, 0.25) is 0 Å². The minimum absolute atomic E-state index is 0.140. The van der Waals surface area contributed by atoms with Gasteiger partial charge in [0.2, 0.25) is 5.91 Å². The second-order valence-corrected chi connectivity index (χ2v) is 6.21. The third kappa shape index (κ3) is 2.87. The average molecular weight is 322 g/mol. The maximum Gasteiger partial charge on any atom is 0.256 e. The number of rotatable bonds is 4. The fourth-order valence-electron chi connectivity index (χ4n) is 2.99. The van der Waals surface area contributed by atoms with Crippen LogP contribution in [-0.4, -0.2) is 28.3 Å². The van der Waals surface area contributed by atoms with Crippen LogP contribution in [-0.2, 0) is 4.79 Å². The standard InChI is InChI=1S/C18H18N4O2/c23-15-2-1-11-22(15)14-7-5-13(6-8-14)18(24)21-17-16(12-3-4-12)19-9-10-20-17/h5-10,12H,1-4,11H2,(H,20,21,24). The van der Waals surface area contributed by atoms with E-state index in [0.29, 0.717) is 23.7 Å². The Morgan fingerprint density at radius 1 is 1.12 bits per heavy atom. The van der Waals surface area contributed by atoms with Gasteiger partial charge in [-0.25, -0.2) is 4.98 Å². The molecule has 1 aromatic heterocycles. The number of aromatic nitrogens is 2. The van der Waals surface area contributed by atoms with Crippen LogP contribution in [0.25, 0.3) is 0 Å². The van der Waals surface area contributed by atoms with Crippen molar-refractivity contribution in [3.8, 4) is 0 Å². The molecule has 0 spiro atoms. The molecule has 1 N–H and O–H groups in total. The number of hydrogen-bond acceptors (Lipinski definition) is 4. The van der Waals surface area contributed by atoms with Crippen LogP contribution < -0.4 is 10.2 Å². The van der Waals surface area contributed by atoms with E-state index in [-0.39, 0.29) is 11.8 Å². The summed E-state index contributed by atoms with van der Waals surface area (Å²) in [5.74, 6) is 0.888. The fraction of sp³-hybridized carbons (Fsp3) is 0.333. The highest BCUT2D eigenvalue weighted by Gasteiger charge is 2.29. The minimum Gasteiger partial charge on any atom is -0.312 e. The molecule has 0 unspecified atom stereocenters. The zero-order chi connectivity index (χ0) is 16.5. The quantitative estimate of drug-likeness (QED) is 0.939. The number of hydrogen-bond donors (Lipinski definition) is 1. The normalized spacial score (nSPS) is 17.2. The van der Waals surface area contributed by atoms with Crippen LogP contribution in [0, 0.1) is 0 Å². The van der Waals surface area contributed by atoms with E-state index in [0.717, 1.165) is 37.2 Å². The van der Waals surface area contributed by atoms with E-state index in [1.165, 1.54) is 0 Å². The van der Waals surface area contributed by atoms with Crippen molar-refractivity contribution in [2.45, 2.75) is 31.6 Å². The molecule has 1 saturated carbocycles. The Hall–Kier alpha value is -2.76. The Morgan fingerprint density at radius 2 is 1.88 bits per heavy atom. The Balaban J connectivity index is 1.50. The Bertz CT molecular complexity index is 784. The molecule has 1 aliphatic carbocycles. The molecule has 2 aliphatic rings. The molecule has 1 aromatic carbocycles. The highest BCUT2D eigenvalue weighted by atomic mass is 16.2. The van der Waals surface area contributed by atoms with Gasteiger partial charge in [-0.05, 0) is 43.5 Å². The molecule has 2 aromatic rings. The first kappa shape index (κ1) is 14.8. The lowest BCUT2D eigenvalue weighted by atomic mass is 10.1. The van der Waals surface area contributed by atoms with Gasteiger partial charge in [-0.15, -0.1) is 0 Å². The van der Waals surface area contributed by atoms with Crippen molar-refractivity contribution in [2.75, 3.05) is 16.8 Å². The molecule has 2 fully saturated rings. The lowest BCUT2D eigenvalue weighted by Gasteiger charge is -2.16. The van der Waals surface area contributed by atoms with E-state index in [1.807, 2.05) is 12.1 Å². The first-order chi connectivity index (χ1) is 11.7. The SMILES string of the molecule is O=C(Nc1nccnc1C1CC1)c1ccc(N2CCCC2=O)cc1. The van der Waals surface area contributed by atoms with Gasteiger partial charge in [-0.2, -0.15) is 0 Å². The van der Waals surface area contributed by atoms with Crippen molar-refractivity contribution < 1.29 is 9.59 Å². The van der Waals surface area contributed by atoms with Gasteiger partial charge in [0, 0.05) is 42.5 Å². The summed E-state index contributed by atoms with van der Waals surface area (Å²) in [7, 11) is 0. The van der Waals surface area contributed by atoms with Crippen LogP contribution >= 0.6 is 0 Å². The number of nitrogens with one attached hydrogen (secondary N) is 1. The van der Waals surface area contributed by atoms with E-state index in [1.54, 1.807) is 29.4 Å². The van der Waals surface area contributed by atoms with Crippen molar-refractivity contribution in [1.29, 1.82) is 0 Å². The molecule has 122 valence electrons. The second-order valence-electron chi connectivity index (χ2n) is 6.21. The lowest BCUT2D eigenvalue weighted by molar-refractivity contribution is -0.117. The second kappa shape index (κ2) is 6.03. The number of anilines is 2. The van der Waals surface area contributed by atoms with Gasteiger partial charge in [0.25, 0.3) is 5.91 Å².